The Morgan fingerprint density at radius 3 is 2.89 bits per heavy atom. The van der Waals surface area contributed by atoms with Crippen molar-refractivity contribution in [2.75, 3.05) is 16.4 Å². The first kappa shape index (κ1) is 13.1. The predicted molar refractivity (Wildman–Crippen MR) is 71.4 cm³/mol. The minimum atomic E-state index is -3.41. The summed E-state index contributed by atoms with van der Waals surface area (Å²) >= 11 is 5.43. The molecule has 18 heavy (non-hydrogen) atoms. The van der Waals surface area contributed by atoms with Gasteiger partial charge in [-0.15, -0.1) is 11.6 Å². The van der Waals surface area contributed by atoms with Crippen LogP contribution >= 0.6 is 11.6 Å². The molecular weight excluding hydrogens is 276 g/mol. The van der Waals surface area contributed by atoms with Gasteiger partial charge in [0, 0.05) is 18.3 Å². The lowest BCUT2D eigenvalue weighted by molar-refractivity contribution is 0.602. The van der Waals surface area contributed by atoms with Gasteiger partial charge in [-0.3, -0.25) is 9.40 Å². The highest BCUT2D eigenvalue weighted by Gasteiger charge is 2.12. The molecule has 0 aliphatic heterocycles. The zero-order chi connectivity index (χ0) is 13.3. The van der Waals surface area contributed by atoms with Crippen molar-refractivity contribution in [3.05, 3.63) is 18.0 Å². The second-order valence-electron chi connectivity index (χ2n) is 3.91. The number of pyridine rings is 1. The molecular formula is C10H13ClN4O2S. The fourth-order valence-electron chi connectivity index (χ4n) is 1.70. The number of fused-ring (bicyclic) bond motifs is 1. The molecule has 0 spiro atoms. The largest absolute Gasteiger partial charge is 0.282 e. The van der Waals surface area contributed by atoms with Crippen molar-refractivity contribution >= 4 is 38.3 Å². The van der Waals surface area contributed by atoms with Crippen molar-refractivity contribution in [2.45, 2.75) is 6.92 Å². The Hall–Kier alpha value is -1.34. The summed E-state index contributed by atoms with van der Waals surface area (Å²) in [6.07, 6.45) is 1.47. The molecule has 0 aliphatic rings. The molecule has 0 unspecified atom stereocenters. The topological polar surface area (TPSA) is 76.9 Å². The normalized spacial score (nSPS) is 11.9. The third-order valence-electron chi connectivity index (χ3n) is 2.48. The summed E-state index contributed by atoms with van der Waals surface area (Å²) in [5.41, 5.74) is 1.94. The second-order valence-corrected chi connectivity index (χ2v) is 6.13. The molecule has 6 nitrogen and oxygen atoms in total. The highest BCUT2D eigenvalue weighted by atomic mass is 35.5. The molecule has 0 radical (unpaired) electrons. The third-order valence-corrected chi connectivity index (χ3v) is 4.18. The van der Waals surface area contributed by atoms with Gasteiger partial charge in [0.05, 0.1) is 23.3 Å². The maximum absolute atomic E-state index is 11.6. The lowest BCUT2D eigenvalue weighted by Crippen LogP contribution is -2.17. The molecule has 0 fully saturated rings. The Morgan fingerprint density at radius 1 is 1.50 bits per heavy atom. The van der Waals surface area contributed by atoms with E-state index in [1.807, 2.05) is 6.92 Å². The van der Waals surface area contributed by atoms with Gasteiger partial charge < -0.3 is 0 Å². The molecule has 0 saturated carbocycles. The average Bonchev–Trinajstić information content (AvgIpc) is 2.53. The Kier molecular flexibility index (Phi) is 3.45. The van der Waals surface area contributed by atoms with E-state index in [0.717, 1.165) is 11.1 Å². The molecule has 98 valence electrons. The van der Waals surface area contributed by atoms with Crippen molar-refractivity contribution in [1.82, 2.24) is 14.8 Å². The van der Waals surface area contributed by atoms with Crippen LogP contribution < -0.4 is 4.72 Å². The summed E-state index contributed by atoms with van der Waals surface area (Å²) in [6.45, 7) is 1.85. The van der Waals surface area contributed by atoms with E-state index in [-0.39, 0.29) is 11.6 Å². The van der Waals surface area contributed by atoms with Gasteiger partial charge in [0.15, 0.2) is 5.65 Å². The van der Waals surface area contributed by atoms with Crippen molar-refractivity contribution in [3.8, 4) is 0 Å². The third kappa shape index (κ3) is 2.56. The van der Waals surface area contributed by atoms with E-state index in [9.17, 15) is 8.42 Å². The first-order chi connectivity index (χ1) is 8.43. The van der Waals surface area contributed by atoms with Gasteiger partial charge in [0.25, 0.3) is 0 Å². The highest BCUT2D eigenvalue weighted by Crippen LogP contribution is 2.19. The Morgan fingerprint density at radius 2 is 2.22 bits per heavy atom. The SMILES string of the molecule is Cc1nn(C)c2ncc(NS(=O)(=O)CCCl)cc12. The molecule has 2 aromatic rings. The molecule has 2 rings (SSSR count). The lowest BCUT2D eigenvalue weighted by Gasteiger charge is -2.06. The highest BCUT2D eigenvalue weighted by molar-refractivity contribution is 7.92. The maximum Gasteiger partial charge on any atom is 0.233 e. The number of halogens is 1. The van der Waals surface area contributed by atoms with Gasteiger partial charge in [0.2, 0.25) is 10.0 Å². The molecule has 0 amide bonds. The van der Waals surface area contributed by atoms with Crippen molar-refractivity contribution in [1.29, 1.82) is 0 Å². The van der Waals surface area contributed by atoms with Gasteiger partial charge in [-0.2, -0.15) is 5.10 Å². The maximum atomic E-state index is 11.6. The van der Waals surface area contributed by atoms with Crippen LogP contribution in [0.3, 0.4) is 0 Å². The summed E-state index contributed by atoms with van der Waals surface area (Å²) in [5.74, 6) is -0.0739. The quantitative estimate of drug-likeness (QED) is 0.859. The summed E-state index contributed by atoms with van der Waals surface area (Å²) in [6, 6.07) is 1.72. The van der Waals surface area contributed by atoms with Crippen LogP contribution in [0.25, 0.3) is 11.0 Å². The zero-order valence-corrected chi connectivity index (χ0v) is 11.6. The standard InChI is InChI=1S/C10H13ClN4O2S/c1-7-9-5-8(14-18(16,17)4-3-11)6-12-10(9)15(2)13-7/h5-6,14H,3-4H2,1-2H3. The number of hydrogen-bond acceptors (Lipinski definition) is 4. The number of rotatable bonds is 4. The van der Waals surface area contributed by atoms with E-state index < -0.39 is 10.0 Å². The second kappa shape index (κ2) is 4.74. The molecule has 0 saturated heterocycles. The number of aromatic nitrogens is 3. The summed E-state index contributed by atoms with van der Waals surface area (Å²) in [4.78, 5) is 4.19. The number of aryl methyl sites for hydroxylation is 2. The van der Waals surface area contributed by atoms with Crippen molar-refractivity contribution < 1.29 is 8.42 Å². The van der Waals surface area contributed by atoms with Gasteiger partial charge in [-0.05, 0) is 13.0 Å². The molecule has 0 bridgehead atoms. The van der Waals surface area contributed by atoms with Crippen LogP contribution in [0.2, 0.25) is 0 Å². The number of hydrogen-bond donors (Lipinski definition) is 1. The summed E-state index contributed by atoms with van der Waals surface area (Å²) in [7, 11) is -1.62. The molecule has 0 aliphatic carbocycles. The fraction of sp³-hybridized carbons (Fsp3) is 0.400. The van der Waals surface area contributed by atoms with E-state index >= 15 is 0 Å². The van der Waals surface area contributed by atoms with Crippen LogP contribution in [0.5, 0.6) is 0 Å². The number of nitrogens with one attached hydrogen (secondary N) is 1. The molecule has 8 heteroatoms. The van der Waals surface area contributed by atoms with Gasteiger partial charge >= 0.3 is 0 Å². The van der Waals surface area contributed by atoms with Crippen molar-refractivity contribution in [3.63, 3.8) is 0 Å². The Balaban J connectivity index is 2.39. The lowest BCUT2D eigenvalue weighted by atomic mass is 10.3. The summed E-state index contributed by atoms with van der Waals surface area (Å²) in [5, 5.41) is 5.04. The minimum absolute atomic E-state index is 0.0525. The fourth-order valence-corrected chi connectivity index (χ4v) is 3.08. The number of alkyl halides is 1. The van der Waals surface area contributed by atoms with E-state index in [0.29, 0.717) is 11.3 Å². The summed E-state index contributed by atoms with van der Waals surface area (Å²) < 4.78 is 27.3. The van der Waals surface area contributed by atoms with Crippen LogP contribution in [-0.2, 0) is 17.1 Å². The molecule has 1 N–H and O–H groups in total. The smallest absolute Gasteiger partial charge is 0.233 e. The minimum Gasteiger partial charge on any atom is -0.282 e. The molecule has 0 atom stereocenters. The van der Waals surface area contributed by atoms with Crippen LogP contribution in [0, 0.1) is 6.92 Å². The number of nitrogens with zero attached hydrogens (tertiary/aromatic N) is 3. The Labute approximate surface area is 110 Å². The van der Waals surface area contributed by atoms with Gasteiger partial charge in [0.1, 0.15) is 0 Å². The van der Waals surface area contributed by atoms with Crippen LogP contribution in [0.4, 0.5) is 5.69 Å². The monoisotopic (exact) mass is 288 g/mol. The van der Waals surface area contributed by atoms with E-state index in [2.05, 4.69) is 14.8 Å². The van der Waals surface area contributed by atoms with Gasteiger partial charge in [-0.1, -0.05) is 0 Å². The zero-order valence-electron chi connectivity index (χ0n) is 10.0. The predicted octanol–water partition coefficient (Wildman–Crippen LogP) is 1.26. The van der Waals surface area contributed by atoms with E-state index in [1.165, 1.54) is 6.20 Å². The van der Waals surface area contributed by atoms with Crippen LogP contribution in [0.15, 0.2) is 12.3 Å². The van der Waals surface area contributed by atoms with Crippen LogP contribution in [-0.4, -0.2) is 34.8 Å². The molecule has 0 aromatic carbocycles. The number of anilines is 1. The number of sulfonamides is 1. The Bertz CT molecular complexity index is 680. The van der Waals surface area contributed by atoms with Crippen LogP contribution in [0.1, 0.15) is 5.69 Å². The molecule has 2 aromatic heterocycles. The van der Waals surface area contributed by atoms with Crippen molar-refractivity contribution in [2.24, 2.45) is 7.05 Å². The first-order valence-electron chi connectivity index (χ1n) is 5.29. The van der Waals surface area contributed by atoms with E-state index in [1.54, 1.807) is 17.8 Å². The van der Waals surface area contributed by atoms with Gasteiger partial charge in [-0.25, -0.2) is 13.4 Å². The average molecular weight is 289 g/mol. The van der Waals surface area contributed by atoms with E-state index in [4.69, 9.17) is 11.6 Å². The first-order valence-corrected chi connectivity index (χ1v) is 7.47. The molecule has 2 heterocycles.